The molecule has 0 fully saturated rings. The Morgan fingerprint density at radius 1 is 1.20 bits per heavy atom. The molecule has 1 N–H and O–H groups in total. The van der Waals surface area contributed by atoms with E-state index in [1.54, 1.807) is 13.2 Å². The summed E-state index contributed by atoms with van der Waals surface area (Å²) >= 11 is 2.72. The van der Waals surface area contributed by atoms with Gasteiger partial charge in [0.15, 0.2) is 5.16 Å². The van der Waals surface area contributed by atoms with Crippen LogP contribution in [0.3, 0.4) is 0 Å². The number of ether oxygens (including phenoxy) is 1. The first-order chi connectivity index (χ1) is 12.1. The van der Waals surface area contributed by atoms with Crippen LogP contribution < -0.4 is 9.64 Å². The third-order valence-corrected chi connectivity index (χ3v) is 4.94. The lowest BCUT2D eigenvalue weighted by Crippen LogP contribution is -2.23. The van der Waals surface area contributed by atoms with Crippen molar-refractivity contribution in [2.75, 3.05) is 31.4 Å². The van der Waals surface area contributed by atoms with Gasteiger partial charge < -0.3 is 14.7 Å². The molecule has 0 atom stereocenters. The molecule has 0 aliphatic heterocycles. The fraction of sp³-hybridized carbons (Fsp3) is 0.353. The Labute approximate surface area is 156 Å². The Morgan fingerprint density at radius 3 is 2.48 bits per heavy atom. The number of aromatic nitrogens is 3. The maximum atomic E-state index is 9.74. The monoisotopic (exact) mass is 378 g/mol. The van der Waals surface area contributed by atoms with Gasteiger partial charge in [-0.1, -0.05) is 12.7 Å². The molecule has 0 saturated carbocycles. The van der Waals surface area contributed by atoms with E-state index in [-0.39, 0.29) is 5.88 Å². The van der Waals surface area contributed by atoms with Crippen LogP contribution in [-0.4, -0.2) is 46.5 Å². The number of hydrogen-bond acceptors (Lipinski definition) is 8. The molecule has 0 aliphatic rings. The molecule has 0 amide bonds. The molecule has 0 saturated heterocycles. The third-order valence-electron chi connectivity index (χ3n) is 3.53. The van der Waals surface area contributed by atoms with Crippen LogP contribution in [0.4, 0.5) is 5.69 Å². The summed E-state index contributed by atoms with van der Waals surface area (Å²) in [5, 5.41) is 11.6. The molecule has 2 aromatic rings. The van der Waals surface area contributed by atoms with Gasteiger partial charge in [0.1, 0.15) is 15.7 Å². The van der Waals surface area contributed by atoms with Crippen molar-refractivity contribution in [1.82, 2.24) is 15.0 Å². The molecule has 0 bridgehead atoms. The van der Waals surface area contributed by atoms with E-state index in [4.69, 9.17) is 4.74 Å². The number of nitrogens with zero attached hydrogens (tertiary/aromatic N) is 4. The van der Waals surface area contributed by atoms with Crippen LogP contribution in [0.1, 0.15) is 19.4 Å². The molecular formula is C17H22N4O2S2. The number of thioether (sulfide) groups is 1. The summed E-state index contributed by atoms with van der Waals surface area (Å²) in [4.78, 5) is 15.2. The Balaban J connectivity index is 2.46. The highest BCUT2D eigenvalue weighted by atomic mass is 32.2. The van der Waals surface area contributed by atoms with Crippen LogP contribution in [0.5, 0.6) is 11.8 Å². The van der Waals surface area contributed by atoms with E-state index in [0.717, 1.165) is 24.3 Å². The lowest BCUT2D eigenvalue weighted by molar-refractivity contribution is 0.394. The topological polar surface area (TPSA) is 71.4 Å². The zero-order chi connectivity index (χ0) is 18.4. The molecule has 25 heavy (non-hydrogen) atoms. The Hall–Kier alpha value is -1.93. The summed E-state index contributed by atoms with van der Waals surface area (Å²) in [6.07, 6.45) is 3.69. The van der Waals surface area contributed by atoms with Crippen molar-refractivity contribution in [3.8, 4) is 11.8 Å². The second-order valence-corrected chi connectivity index (χ2v) is 6.75. The molecule has 0 radical (unpaired) electrons. The van der Waals surface area contributed by atoms with E-state index in [1.807, 2.05) is 12.3 Å². The highest BCUT2D eigenvalue weighted by Crippen LogP contribution is 2.36. The fourth-order valence-electron chi connectivity index (χ4n) is 2.35. The van der Waals surface area contributed by atoms with Crippen LogP contribution in [0, 0.1) is 0 Å². The van der Waals surface area contributed by atoms with Gasteiger partial charge in [-0.15, -0.1) is 11.8 Å². The molecule has 2 aromatic heterocycles. The zero-order valence-electron chi connectivity index (χ0n) is 14.8. The maximum absolute atomic E-state index is 9.74. The van der Waals surface area contributed by atoms with Crippen LogP contribution in [-0.2, 0) is 0 Å². The summed E-state index contributed by atoms with van der Waals surface area (Å²) in [6.45, 7) is 9.77. The molecule has 2 heterocycles. The first kappa shape index (κ1) is 19.4. The third kappa shape index (κ3) is 4.58. The van der Waals surface area contributed by atoms with Gasteiger partial charge in [0, 0.05) is 24.7 Å². The van der Waals surface area contributed by atoms with Crippen molar-refractivity contribution < 1.29 is 9.84 Å². The summed E-state index contributed by atoms with van der Waals surface area (Å²) in [7, 11) is 1.60. The average Bonchev–Trinajstić information content (AvgIpc) is 2.62. The van der Waals surface area contributed by atoms with Gasteiger partial charge in [-0.3, -0.25) is 0 Å². The van der Waals surface area contributed by atoms with Gasteiger partial charge in [-0.25, -0.2) is 9.97 Å². The quantitative estimate of drug-likeness (QED) is 0.421. The average molecular weight is 379 g/mol. The predicted octanol–water partition coefficient (Wildman–Crippen LogP) is 3.95. The molecule has 2 rings (SSSR count). The number of anilines is 1. The second-order valence-electron chi connectivity index (χ2n) is 4.94. The Morgan fingerprint density at radius 2 is 1.92 bits per heavy atom. The second kappa shape index (κ2) is 8.96. The van der Waals surface area contributed by atoms with Crippen LogP contribution in [0.25, 0.3) is 6.08 Å². The van der Waals surface area contributed by atoms with Crippen LogP contribution >= 0.6 is 23.5 Å². The number of hydrogen-bond donors (Lipinski definition) is 1. The Kier molecular flexibility index (Phi) is 6.95. The summed E-state index contributed by atoms with van der Waals surface area (Å²) in [5.41, 5.74) is 1.86. The number of pyridine rings is 1. The minimum atomic E-state index is -0.0579. The molecule has 8 heteroatoms. The molecule has 0 aliphatic carbocycles. The summed E-state index contributed by atoms with van der Waals surface area (Å²) in [6, 6.07) is 3.46. The van der Waals surface area contributed by atoms with Gasteiger partial charge in [0.2, 0.25) is 11.8 Å². The largest absolute Gasteiger partial charge is 0.493 e. The molecule has 0 spiro atoms. The van der Waals surface area contributed by atoms with Crippen molar-refractivity contribution in [3.05, 3.63) is 24.3 Å². The predicted molar refractivity (Wildman–Crippen MR) is 104 cm³/mol. The van der Waals surface area contributed by atoms with Crippen molar-refractivity contribution in [2.45, 2.75) is 29.1 Å². The highest BCUT2D eigenvalue weighted by molar-refractivity contribution is 7.99. The minimum Gasteiger partial charge on any atom is -0.493 e. The van der Waals surface area contributed by atoms with E-state index in [9.17, 15) is 5.11 Å². The first-order valence-electron chi connectivity index (χ1n) is 7.82. The van der Waals surface area contributed by atoms with Crippen molar-refractivity contribution >= 4 is 35.3 Å². The van der Waals surface area contributed by atoms with Crippen molar-refractivity contribution in [1.29, 1.82) is 0 Å². The SMILES string of the molecule is C=Cc1cc(Sc2nc(O)cc(SC)n2)nc(OC)c1N(CC)CC. The maximum Gasteiger partial charge on any atom is 0.239 e. The van der Waals surface area contributed by atoms with Gasteiger partial charge >= 0.3 is 0 Å². The van der Waals surface area contributed by atoms with Gasteiger partial charge in [0.05, 0.1) is 7.11 Å². The molecule has 6 nitrogen and oxygen atoms in total. The van der Waals surface area contributed by atoms with E-state index in [0.29, 0.717) is 21.1 Å². The summed E-state index contributed by atoms with van der Waals surface area (Å²) in [5.74, 6) is 0.478. The molecule has 0 aromatic carbocycles. The lowest BCUT2D eigenvalue weighted by Gasteiger charge is -2.25. The van der Waals surface area contributed by atoms with Crippen LogP contribution in [0.2, 0.25) is 0 Å². The Bertz CT molecular complexity index is 752. The number of methoxy groups -OCH3 is 1. The molecule has 134 valence electrons. The van der Waals surface area contributed by atoms with E-state index in [1.165, 1.54) is 29.6 Å². The summed E-state index contributed by atoms with van der Waals surface area (Å²) < 4.78 is 5.51. The fourth-order valence-corrected chi connectivity index (χ4v) is 3.60. The van der Waals surface area contributed by atoms with E-state index < -0.39 is 0 Å². The van der Waals surface area contributed by atoms with Gasteiger partial charge in [-0.05, 0) is 37.9 Å². The van der Waals surface area contributed by atoms with Crippen molar-refractivity contribution in [3.63, 3.8) is 0 Å². The van der Waals surface area contributed by atoms with Crippen molar-refractivity contribution in [2.24, 2.45) is 0 Å². The van der Waals surface area contributed by atoms with Gasteiger partial charge in [0.25, 0.3) is 0 Å². The normalized spacial score (nSPS) is 10.6. The van der Waals surface area contributed by atoms with E-state index in [2.05, 4.69) is 40.3 Å². The number of rotatable bonds is 8. The smallest absolute Gasteiger partial charge is 0.239 e. The van der Waals surface area contributed by atoms with Crippen LogP contribution in [0.15, 0.2) is 33.9 Å². The lowest BCUT2D eigenvalue weighted by atomic mass is 10.2. The number of aromatic hydroxyl groups is 1. The first-order valence-corrected chi connectivity index (χ1v) is 9.86. The molecular weight excluding hydrogens is 356 g/mol. The molecule has 0 unspecified atom stereocenters. The standard InChI is InChI=1S/C17H22N4O2S2/c1-6-11-9-14(19-16(23-4)15(11)21(7-2)8-3)25-17-18-12(22)10-13(20-17)24-5/h6,9-10H,1,7-8H2,2-5H3,(H,18,20,22). The van der Waals surface area contributed by atoms with Gasteiger partial charge in [-0.2, -0.15) is 4.98 Å². The minimum absolute atomic E-state index is 0.0579. The highest BCUT2D eigenvalue weighted by Gasteiger charge is 2.18. The van der Waals surface area contributed by atoms with E-state index >= 15 is 0 Å². The zero-order valence-corrected chi connectivity index (χ0v) is 16.4.